The van der Waals surface area contributed by atoms with Gasteiger partial charge in [0.1, 0.15) is 5.69 Å². The van der Waals surface area contributed by atoms with Crippen LogP contribution in [0.3, 0.4) is 0 Å². The SMILES string of the molecule is CCNCc1ccc2nc(-c3ccccn3)n(C)c2c1. The molecule has 0 radical (unpaired) electrons. The van der Waals surface area contributed by atoms with Gasteiger partial charge in [-0.15, -0.1) is 0 Å². The Morgan fingerprint density at radius 3 is 2.85 bits per heavy atom. The lowest BCUT2D eigenvalue weighted by Gasteiger charge is -2.04. The number of hydrogen-bond acceptors (Lipinski definition) is 3. The number of hydrogen-bond donors (Lipinski definition) is 1. The molecule has 0 fully saturated rings. The van der Waals surface area contributed by atoms with Crippen molar-refractivity contribution in [3.8, 4) is 11.5 Å². The van der Waals surface area contributed by atoms with Crippen molar-refractivity contribution in [2.75, 3.05) is 6.54 Å². The molecule has 0 unspecified atom stereocenters. The Hall–Kier alpha value is -2.20. The lowest BCUT2D eigenvalue weighted by molar-refractivity contribution is 0.727. The van der Waals surface area contributed by atoms with Crippen molar-refractivity contribution in [2.24, 2.45) is 7.05 Å². The highest BCUT2D eigenvalue weighted by molar-refractivity contribution is 5.80. The Balaban J connectivity index is 2.06. The number of imidazole rings is 1. The highest BCUT2D eigenvalue weighted by Gasteiger charge is 2.10. The predicted octanol–water partition coefficient (Wildman–Crippen LogP) is 2.74. The van der Waals surface area contributed by atoms with Crippen LogP contribution in [0.4, 0.5) is 0 Å². The summed E-state index contributed by atoms with van der Waals surface area (Å²) in [5.74, 6) is 0.904. The minimum absolute atomic E-state index is 0.885. The van der Waals surface area contributed by atoms with Crippen LogP contribution < -0.4 is 5.32 Å². The van der Waals surface area contributed by atoms with Crippen LogP contribution >= 0.6 is 0 Å². The van der Waals surface area contributed by atoms with E-state index in [2.05, 4.69) is 45.0 Å². The molecule has 2 aromatic heterocycles. The average molecular weight is 266 g/mol. The summed E-state index contributed by atoms with van der Waals surface area (Å²) in [6, 6.07) is 12.3. The van der Waals surface area contributed by atoms with Crippen molar-refractivity contribution in [1.29, 1.82) is 0 Å². The van der Waals surface area contributed by atoms with Gasteiger partial charge in [-0.1, -0.05) is 19.1 Å². The quantitative estimate of drug-likeness (QED) is 0.789. The van der Waals surface area contributed by atoms with Crippen molar-refractivity contribution < 1.29 is 0 Å². The molecule has 0 amide bonds. The number of rotatable bonds is 4. The molecule has 4 nitrogen and oxygen atoms in total. The van der Waals surface area contributed by atoms with Gasteiger partial charge in [-0.05, 0) is 36.4 Å². The molecule has 0 saturated carbocycles. The standard InChI is InChI=1S/C16H18N4/c1-3-17-11-12-7-8-13-15(10-12)20(2)16(19-13)14-6-4-5-9-18-14/h4-10,17H,3,11H2,1-2H3. The number of fused-ring (bicyclic) bond motifs is 1. The fourth-order valence-electron chi connectivity index (χ4n) is 2.34. The second-order valence-corrected chi connectivity index (χ2v) is 4.81. The van der Waals surface area contributed by atoms with E-state index in [1.165, 1.54) is 5.56 Å². The maximum atomic E-state index is 4.68. The second-order valence-electron chi connectivity index (χ2n) is 4.81. The van der Waals surface area contributed by atoms with E-state index in [1.54, 1.807) is 6.20 Å². The number of aromatic nitrogens is 3. The Morgan fingerprint density at radius 2 is 2.10 bits per heavy atom. The summed E-state index contributed by atoms with van der Waals surface area (Å²) >= 11 is 0. The number of pyridine rings is 1. The summed E-state index contributed by atoms with van der Waals surface area (Å²) in [6.07, 6.45) is 1.80. The smallest absolute Gasteiger partial charge is 0.159 e. The van der Waals surface area contributed by atoms with Crippen molar-refractivity contribution >= 4 is 11.0 Å². The van der Waals surface area contributed by atoms with E-state index in [1.807, 2.05) is 25.2 Å². The molecule has 2 heterocycles. The monoisotopic (exact) mass is 266 g/mol. The molecule has 0 aliphatic rings. The minimum atomic E-state index is 0.885. The van der Waals surface area contributed by atoms with Gasteiger partial charge in [0.05, 0.1) is 11.0 Å². The van der Waals surface area contributed by atoms with Crippen LogP contribution in [0.5, 0.6) is 0 Å². The summed E-state index contributed by atoms with van der Waals surface area (Å²) in [5, 5.41) is 3.35. The molecule has 4 heteroatoms. The molecule has 0 aliphatic carbocycles. The number of nitrogens with one attached hydrogen (secondary N) is 1. The first-order valence-electron chi connectivity index (χ1n) is 6.87. The number of benzene rings is 1. The first-order valence-corrected chi connectivity index (χ1v) is 6.87. The zero-order valence-electron chi connectivity index (χ0n) is 11.8. The molecule has 102 valence electrons. The molecule has 3 rings (SSSR count). The van der Waals surface area contributed by atoms with Gasteiger partial charge in [-0.3, -0.25) is 4.98 Å². The Bertz CT molecular complexity index is 716. The first kappa shape index (κ1) is 12.8. The minimum Gasteiger partial charge on any atom is -0.326 e. The molecule has 0 saturated heterocycles. The van der Waals surface area contributed by atoms with Gasteiger partial charge in [0.25, 0.3) is 0 Å². The summed E-state index contributed by atoms with van der Waals surface area (Å²) in [5.41, 5.74) is 4.32. The van der Waals surface area contributed by atoms with Gasteiger partial charge in [-0.2, -0.15) is 0 Å². The largest absolute Gasteiger partial charge is 0.326 e. The van der Waals surface area contributed by atoms with E-state index in [9.17, 15) is 0 Å². The summed E-state index contributed by atoms with van der Waals surface area (Å²) in [6.45, 7) is 3.97. The van der Waals surface area contributed by atoms with Gasteiger partial charge in [0.2, 0.25) is 0 Å². The molecule has 3 aromatic rings. The highest BCUT2D eigenvalue weighted by atomic mass is 15.1. The summed E-state index contributed by atoms with van der Waals surface area (Å²) in [7, 11) is 2.04. The van der Waals surface area contributed by atoms with Crippen LogP contribution in [0, 0.1) is 0 Å². The topological polar surface area (TPSA) is 42.7 Å². The van der Waals surface area contributed by atoms with Crippen molar-refractivity contribution in [2.45, 2.75) is 13.5 Å². The van der Waals surface area contributed by atoms with E-state index in [0.717, 1.165) is 35.6 Å². The van der Waals surface area contributed by atoms with Crippen molar-refractivity contribution in [3.05, 3.63) is 48.2 Å². The molecule has 20 heavy (non-hydrogen) atoms. The van der Waals surface area contributed by atoms with Gasteiger partial charge in [0.15, 0.2) is 5.82 Å². The van der Waals surface area contributed by atoms with Crippen molar-refractivity contribution in [3.63, 3.8) is 0 Å². The normalized spacial score (nSPS) is 11.1. The van der Waals surface area contributed by atoms with Crippen LogP contribution in [-0.4, -0.2) is 21.1 Å². The molecule has 0 bridgehead atoms. The third-order valence-corrected chi connectivity index (χ3v) is 3.42. The summed E-state index contributed by atoms with van der Waals surface area (Å²) < 4.78 is 2.10. The molecule has 1 N–H and O–H groups in total. The molecular formula is C16H18N4. The van der Waals surface area contributed by atoms with Crippen LogP contribution in [0.1, 0.15) is 12.5 Å². The van der Waals surface area contributed by atoms with Crippen LogP contribution in [0.2, 0.25) is 0 Å². The first-order chi connectivity index (χ1) is 9.79. The van der Waals surface area contributed by atoms with E-state index >= 15 is 0 Å². The lowest BCUT2D eigenvalue weighted by Crippen LogP contribution is -2.11. The third-order valence-electron chi connectivity index (χ3n) is 3.42. The van der Waals surface area contributed by atoms with E-state index in [0.29, 0.717) is 0 Å². The zero-order chi connectivity index (χ0) is 13.9. The number of aryl methyl sites for hydroxylation is 1. The Morgan fingerprint density at radius 1 is 1.20 bits per heavy atom. The van der Waals surface area contributed by atoms with E-state index in [4.69, 9.17) is 0 Å². The third kappa shape index (κ3) is 2.30. The van der Waals surface area contributed by atoms with Crippen LogP contribution in [0.25, 0.3) is 22.6 Å². The van der Waals surface area contributed by atoms with Gasteiger partial charge >= 0.3 is 0 Å². The predicted molar refractivity (Wildman–Crippen MR) is 81.3 cm³/mol. The van der Waals surface area contributed by atoms with Gasteiger partial charge < -0.3 is 9.88 Å². The van der Waals surface area contributed by atoms with Crippen molar-refractivity contribution in [1.82, 2.24) is 19.9 Å². The van der Waals surface area contributed by atoms with E-state index in [-0.39, 0.29) is 0 Å². The van der Waals surface area contributed by atoms with Gasteiger partial charge in [-0.25, -0.2) is 4.98 Å². The molecule has 1 aromatic carbocycles. The molecule has 0 atom stereocenters. The summed E-state index contributed by atoms with van der Waals surface area (Å²) in [4.78, 5) is 9.07. The van der Waals surface area contributed by atoms with Crippen LogP contribution in [0.15, 0.2) is 42.6 Å². The fourth-order valence-corrected chi connectivity index (χ4v) is 2.34. The second kappa shape index (κ2) is 5.43. The maximum Gasteiger partial charge on any atom is 0.159 e. The highest BCUT2D eigenvalue weighted by Crippen LogP contribution is 2.22. The Labute approximate surface area is 118 Å². The molecule has 0 aliphatic heterocycles. The van der Waals surface area contributed by atoms with Gasteiger partial charge in [0, 0.05) is 19.8 Å². The Kier molecular flexibility index (Phi) is 3.48. The fraction of sp³-hybridized carbons (Fsp3) is 0.250. The lowest BCUT2D eigenvalue weighted by atomic mass is 10.2. The zero-order valence-corrected chi connectivity index (χ0v) is 11.8. The van der Waals surface area contributed by atoms with Crippen LogP contribution in [-0.2, 0) is 13.6 Å². The number of nitrogens with zero attached hydrogens (tertiary/aromatic N) is 3. The van der Waals surface area contributed by atoms with E-state index < -0.39 is 0 Å². The molecular weight excluding hydrogens is 248 g/mol. The average Bonchev–Trinajstić information content (AvgIpc) is 2.83. The molecule has 0 spiro atoms. The maximum absolute atomic E-state index is 4.68.